The third-order valence-electron chi connectivity index (χ3n) is 4.63. The molecular formula is C21H23N5O2. The molecule has 1 atom stereocenters. The summed E-state index contributed by atoms with van der Waals surface area (Å²) in [6, 6.07) is 13.3. The molecule has 7 heteroatoms. The average Bonchev–Trinajstić information content (AvgIpc) is 3.26. The molecule has 2 aromatic heterocycles. The van der Waals surface area contributed by atoms with Crippen molar-refractivity contribution in [1.82, 2.24) is 25.1 Å². The van der Waals surface area contributed by atoms with Gasteiger partial charge in [0.1, 0.15) is 18.3 Å². The largest absolute Gasteiger partial charge is 0.354 e. The van der Waals surface area contributed by atoms with Crippen LogP contribution in [-0.4, -0.2) is 38.5 Å². The summed E-state index contributed by atoms with van der Waals surface area (Å²) in [7, 11) is 1.55. The molecule has 0 aliphatic rings. The van der Waals surface area contributed by atoms with E-state index in [-0.39, 0.29) is 23.3 Å². The topological polar surface area (TPSA) is 89.8 Å². The molecule has 144 valence electrons. The van der Waals surface area contributed by atoms with Crippen molar-refractivity contribution in [3.8, 4) is 0 Å². The quantitative estimate of drug-likeness (QED) is 0.610. The van der Waals surface area contributed by atoms with Crippen LogP contribution >= 0.6 is 0 Å². The number of pyridine rings is 1. The second-order valence-corrected chi connectivity index (χ2v) is 6.56. The summed E-state index contributed by atoms with van der Waals surface area (Å²) in [5, 5.41) is 6.62. The second-order valence-electron chi connectivity index (χ2n) is 6.56. The van der Waals surface area contributed by atoms with E-state index in [2.05, 4.69) is 20.4 Å². The third kappa shape index (κ3) is 4.68. The fraction of sp³-hybridized carbons (Fsp3) is 0.286. The van der Waals surface area contributed by atoms with Gasteiger partial charge in [0.15, 0.2) is 5.78 Å². The zero-order valence-corrected chi connectivity index (χ0v) is 16.0. The van der Waals surface area contributed by atoms with Crippen LogP contribution in [0.15, 0.2) is 55.1 Å². The molecular weight excluding hydrogens is 354 g/mol. The van der Waals surface area contributed by atoms with Crippen LogP contribution in [0.4, 0.5) is 0 Å². The Bertz CT molecular complexity index is 939. The van der Waals surface area contributed by atoms with E-state index in [1.54, 1.807) is 30.2 Å². The maximum absolute atomic E-state index is 12.7. The van der Waals surface area contributed by atoms with Gasteiger partial charge < -0.3 is 5.32 Å². The summed E-state index contributed by atoms with van der Waals surface area (Å²) in [6.45, 7) is 2.64. The van der Waals surface area contributed by atoms with Crippen molar-refractivity contribution in [3.05, 3.63) is 77.6 Å². The van der Waals surface area contributed by atoms with Crippen LogP contribution in [0.5, 0.6) is 0 Å². The zero-order valence-electron chi connectivity index (χ0n) is 16.0. The van der Waals surface area contributed by atoms with Crippen LogP contribution < -0.4 is 5.32 Å². The number of aryl methyl sites for hydroxylation is 1. The number of Topliss-reactive ketones (excluding diaryl/α,β-unsaturated/α-hetero) is 1. The first kappa shape index (κ1) is 19.4. The van der Waals surface area contributed by atoms with Crippen molar-refractivity contribution in [1.29, 1.82) is 0 Å². The Morgan fingerprint density at radius 3 is 2.64 bits per heavy atom. The lowest BCUT2D eigenvalue weighted by Crippen LogP contribution is -2.21. The van der Waals surface area contributed by atoms with Crippen molar-refractivity contribution in [2.45, 2.75) is 32.2 Å². The molecule has 1 aromatic carbocycles. The maximum Gasteiger partial charge on any atom is 0.269 e. The molecule has 0 fully saturated rings. The number of aromatic nitrogens is 4. The van der Waals surface area contributed by atoms with Crippen LogP contribution in [0.2, 0.25) is 0 Å². The van der Waals surface area contributed by atoms with E-state index in [4.69, 9.17) is 0 Å². The number of nitrogens with one attached hydrogen (secondary N) is 1. The smallest absolute Gasteiger partial charge is 0.269 e. The van der Waals surface area contributed by atoms with Crippen LogP contribution in [0, 0.1) is 0 Å². The zero-order chi connectivity index (χ0) is 19.9. The van der Waals surface area contributed by atoms with E-state index in [1.165, 1.54) is 6.33 Å². The molecule has 3 rings (SSSR count). The molecule has 0 saturated carbocycles. The molecule has 0 unspecified atom stereocenters. The van der Waals surface area contributed by atoms with Gasteiger partial charge in [-0.3, -0.25) is 14.3 Å². The second kappa shape index (κ2) is 9.03. The number of nitrogens with zero attached hydrogens (tertiary/aromatic N) is 4. The number of rotatable bonds is 8. The first-order valence-corrected chi connectivity index (χ1v) is 9.23. The van der Waals surface area contributed by atoms with E-state index in [9.17, 15) is 9.59 Å². The highest BCUT2D eigenvalue weighted by Gasteiger charge is 2.18. The summed E-state index contributed by atoms with van der Waals surface area (Å²) >= 11 is 0. The molecule has 3 aromatic rings. The van der Waals surface area contributed by atoms with Gasteiger partial charge in [-0.2, -0.15) is 5.10 Å². The Hall–Kier alpha value is -3.35. The molecule has 0 saturated heterocycles. The number of hydrogen-bond donors (Lipinski definition) is 1. The molecule has 0 radical (unpaired) electrons. The van der Waals surface area contributed by atoms with Crippen molar-refractivity contribution in [3.63, 3.8) is 0 Å². The summed E-state index contributed by atoms with van der Waals surface area (Å²) in [4.78, 5) is 33.3. The van der Waals surface area contributed by atoms with Crippen LogP contribution in [0.25, 0.3) is 0 Å². The molecule has 0 bridgehead atoms. The Kier molecular flexibility index (Phi) is 6.26. The van der Waals surface area contributed by atoms with Crippen LogP contribution in [0.1, 0.15) is 57.8 Å². The van der Waals surface area contributed by atoms with Crippen molar-refractivity contribution in [2.24, 2.45) is 0 Å². The normalized spacial score (nSPS) is 11.8. The van der Waals surface area contributed by atoms with Crippen molar-refractivity contribution >= 4 is 11.7 Å². The Morgan fingerprint density at radius 1 is 1.18 bits per heavy atom. The monoisotopic (exact) mass is 377 g/mol. The highest BCUT2D eigenvalue weighted by atomic mass is 16.1. The Labute approximate surface area is 163 Å². The van der Waals surface area contributed by atoms with Crippen molar-refractivity contribution < 1.29 is 9.59 Å². The highest BCUT2D eigenvalue weighted by molar-refractivity contribution is 5.99. The number of ketones is 1. The fourth-order valence-corrected chi connectivity index (χ4v) is 2.99. The minimum Gasteiger partial charge on any atom is -0.354 e. The summed E-state index contributed by atoms with van der Waals surface area (Å²) in [5.74, 6) is -0.361. The SMILES string of the molecule is CNC(=O)c1cc(C(=O)CCCn2cncn2)cc([C@@H](C)c2ccccc2)n1. The van der Waals surface area contributed by atoms with Gasteiger partial charge >= 0.3 is 0 Å². The van der Waals surface area contributed by atoms with Gasteiger partial charge in [0.25, 0.3) is 5.91 Å². The molecule has 1 N–H and O–H groups in total. The lowest BCUT2D eigenvalue weighted by Gasteiger charge is -2.14. The van der Waals surface area contributed by atoms with E-state index in [0.29, 0.717) is 30.6 Å². The van der Waals surface area contributed by atoms with Gasteiger partial charge in [-0.15, -0.1) is 0 Å². The molecule has 7 nitrogen and oxygen atoms in total. The van der Waals surface area contributed by atoms with Gasteiger partial charge in [-0.05, 0) is 24.1 Å². The summed E-state index contributed by atoms with van der Waals surface area (Å²) in [6.07, 6.45) is 4.09. The summed E-state index contributed by atoms with van der Waals surface area (Å²) < 4.78 is 1.69. The third-order valence-corrected chi connectivity index (χ3v) is 4.63. The number of benzene rings is 1. The van der Waals surface area contributed by atoms with Gasteiger partial charge in [-0.1, -0.05) is 37.3 Å². The predicted molar refractivity (Wildman–Crippen MR) is 105 cm³/mol. The van der Waals surface area contributed by atoms with E-state index < -0.39 is 0 Å². The Balaban J connectivity index is 1.82. The average molecular weight is 377 g/mol. The van der Waals surface area contributed by atoms with Crippen LogP contribution in [0.3, 0.4) is 0 Å². The maximum atomic E-state index is 12.7. The molecule has 2 heterocycles. The molecule has 0 spiro atoms. The van der Waals surface area contributed by atoms with E-state index >= 15 is 0 Å². The molecule has 0 aliphatic heterocycles. The molecule has 1 amide bonds. The Morgan fingerprint density at radius 2 is 1.96 bits per heavy atom. The number of carbonyl (C=O) groups is 2. The lowest BCUT2D eigenvalue weighted by molar-refractivity contribution is 0.0958. The fourth-order valence-electron chi connectivity index (χ4n) is 2.99. The number of amides is 1. The highest BCUT2D eigenvalue weighted by Crippen LogP contribution is 2.24. The van der Waals surface area contributed by atoms with Gasteiger partial charge in [0.05, 0.1) is 0 Å². The van der Waals surface area contributed by atoms with Crippen molar-refractivity contribution in [2.75, 3.05) is 7.05 Å². The first-order valence-electron chi connectivity index (χ1n) is 9.23. The number of carbonyl (C=O) groups excluding carboxylic acids is 2. The standard InChI is InChI=1S/C21H23N5O2/c1-15(16-7-4-3-5-8-16)18-11-17(12-19(25-18)21(28)22-2)20(27)9-6-10-26-14-23-13-24-26/h3-5,7-8,11-15H,6,9-10H2,1-2H3,(H,22,28)/t15-/m0/s1. The minimum absolute atomic E-state index is 0.0193. The van der Waals surface area contributed by atoms with Gasteiger partial charge in [0, 0.05) is 37.2 Å². The van der Waals surface area contributed by atoms with Crippen LogP contribution in [-0.2, 0) is 6.54 Å². The van der Waals surface area contributed by atoms with Gasteiger partial charge in [-0.25, -0.2) is 9.97 Å². The predicted octanol–water partition coefficient (Wildman–Crippen LogP) is 2.85. The molecule has 0 aliphatic carbocycles. The first-order chi connectivity index (χ1) is 13.6. The van der Waals surface area contributed by atoms with Gasteiger partial charge in [0.2, 0.25) is 0 Å². The summed E-state index contributed by atoms with van der Waals surface area (Å²) in [5.41, 5.74) is 2.54. The lowest BCUT2D eigenvalue weighted by atomic mass is 9.94. The number of hydrogen-bond acceptors (Lipinski definition) is 5. The van der Waals surface area contributed by atoms with E-state index in [0.717, 1.165) is 5.56 Å². The molecule has 28 heavy (non-hydrogen) atoms. The minimum atomic E-state index is -0.307. The van der Waals surface area contributed by atoms with E-state index in [1.807, 2.05) is 37.3 Å².